The van der Waals surface area contributed by atoms with Crippen LogP contribution in [0.15, 0.2) is 17.5 Å². The maximum Gasteiger partial charge on any atom is 0.312 e. The molecule has 6 nitrogen and oxygen atoms in total. The summed E-state index contributed by atoms with van der Waals surface area (Å²) in [5.74, 6) is -1.18. The summed E-state index contributed by atoms with van der Waals surface area (Å²) in [7, 11) is 0. The average Bonchev–Trinajstić information content (AvgIpc) is 2.96. The Kier molecular flexibility index (Phi) is 4.42. The number of thiazole rings is 1. The molecule has 1 atom stereocenters. The van der Waals surface area contributed by atoms with Gasteiger partial charge in [0.15, 0.2) is 11.2 Å². The summed E-state index contributed by atoms with van der Waals surface area (Å²) in [6.07, 6.45) is -0.905. The predicted molar refractivity (Wildman–Crippen MR) is 79.4 cm³/mol. The summed E-state index contributed by atoms with van der Waals surface area (Å²) in [5, 5.41) is 2.62. The molecule has 0 fully saturated rings. The van der Waals surface area contributed by atoms with Gasteiger partial charge in [0.1, 0.15) is 0 Å². The second-order valence-corrected chi connectivity index (χ2v) is 5.62. The quantitative estimate of drug-likeness (QED) is 0.848. The Labute approximate surface area is 126 Å². The molecule has 0 aliphatic carbocycles. The van der Waals surface area contributed by atoms with Crippen molar-refractivity contribution in [2.45, 2.75) is 33.3 Å². The van der Waals surface area contributed by atoms with Crippen LogP contribution in [0.2, 0.25) is 0 Å². The molecule has 0 saturated carbocycles. The van der Waals surface area contributed by atoms with Gasteiger partial charge in [-0.3, -0.25) is 14.2 Å². The van der Waals surface area contributed by atoms with Crippen LogP contribution < -0.4 is 5.73 Å². The highest BCUT2D eigenvalue weighted by Crippen LogP contribution is 2.20. The number of nitrogens with two attached hydrogens (primary N) is 1. The van der Waals surface area contributed by atoms with Crippen LogP contribution in [-0.4, -0.2) is 27.5 Å². The van der Waals surface area contributed by atoms with E-state index in [1.165, 1.54) is 18.3 Å². The monoisotopic (exact) mass is 307 g/mol. The van der Waals surface area contributed by atoms with Gasteiger partial charge >= 0.3 is 5.97 Å². The Balaban J connectivity index is 2.07. The predicted octanol–water partition coefficient (Wildman–Crippen LogP) is 1.51. The minimum Gasteiger partial charge on any atom is -0.452 e. The van der Waals surface area contributed by atoms with Gasteiger partial charge in [-0.2, -0.15) is 0 Å². The lowest BCUT2D eigenvalue weighted by molar-refractivity contribution is -0.153. The highest BCUT2D eigenvalue weighted by Gasteiger charge is 2.16. The van der Waals surface area contributed by atoms with Gasteiger partial charge < -0.3 is 10.5 Å². The van der Waals surface area contributed by atoms with Crippen LogP contribution >= 0.6 is 11.3 Å². The molecule has 2 N–H and O–H groups in total. The van der Waals surface area contributed by atoms with E-state index in [2.05, 4.69) is 4.98 Å². The van der Waals surface area contributed by atoms with E-state index in [0.29, 0.717) is 5.69 Å². The maximum atomic E-state index is 11.7. The fourth-order valence-corrected chi connectivity index (χ4v) is 2.84. The first-order valence-electron chi connectivity index (χ1n) is 6.47. The number of aryl methyl sites for hydroxylation is 2. The number of amides is 1. The fraction of sp³-hybridized carbons (Fsp3) is 0.357. The molecule has 0 bridgehead atoms. The molecular weight excluding hydrogens is 290 g/mol. The molecule has 2 rings (SSSR count). The lowest BCUT2D eigenvalue weighted by Gasteiger charge is -2.08. The first-order valence-corrected chi connectivity index (χ1v) is 7.35. The summed E-state index contributed by atoms with van der Waals surface area (Å²) in [6, 6.07) is 4.03. The van der Waals surface area contributed by atoms with E-state index in [-0.39, 0.29) is 6.42 Å². The molecule has 0 saturated heterocycles. The molecule has 0 aliphatic rings. The third-order valence-corrected chi connectivity index (χ3v) is 3.91. The van der Waals surface area contributed by atoms with E-state index in [0.717, 1.165) is 16.5 Å². The second-order valence-electron chi connectivity index (χ2n) is 4.78. The zero-order valence-electron chi connectivity index (χ0n) is 12.1. The number of rotatable bonds is 5. The molecule has 0 aliphatic heterocycles. The fourth-order valence-electron chi connectivity index (χ4n) is 1.90. The van der Waals surface area contributed by atoms with Gasteiger partial charge in [-0.05, 0) is 32.9 Å². The molecule has 0 spiro atoms. The average molecular weight is 307 g/mol. The lowest BCUT2D eigenvalue weighted by Crippen LogP contribution is -2.31. The standard InChI is InChI=1S/C14H17N3O3S/c1-8-4-5-9(2)17(8)14-16-11(7-21-14)6-12(18)20-10(3)13(15)19/h4-5,7,10H,6H2,1-3H3,(H2,15,19). The Bertz CT molecular complexity index is 655. The molecule has 21 heavy (non-hydrogen) atoms. The van der Waals surface area contributed by atoms with Crippen molar-refractivity contribution >= 4 is 23.2 Å². The molecule has 1 amide bonds. The summed E-state index contributed by atoms with van der Waals surface area (Å²) < 4.78 is 6.93. The van der Waals surface area contributed by atoms with Gasteiger partial charge in [-0.25, -0.2) is 4.98 Å². The van der Waals surface area contributed by atoms with Crippen LogP contribution in [0.1, 0.15) is 24.0 Å². The van der Waals surface area contributed by atoms with Crippen molar-refractivity contribution in [3.8, 4) is 5.13 Å². The molecule has 1 unspecified atom stereocenters. The zero-order chi connectivity index (χ0) is 15.6. The number of carbonyl (C=O) groups excluding carboxylic acids is 2. The van der Waals surface area contributed by atoms with Crippen molar-refractivity contribution in [1.82, 2.24) is 9.55 Å². The number of esters is 1. The van der Waals surface area contributed by atoms with Crippen molar-refractivity contribution in [2.75, 3.05) is 0 Å². The van der Waals surface area contributed by atoms with Crippen LogP contribution in [0.4, 0.5) is 0 Å². The number of primary amides is 1. The van der Waals surface area contributed by atoms with E-state index in [4.69, 9.17) is 10.5 Å². The number of carbonyl (C=O) groups is 2. The van der Waals surface area contributed by atoms with E-state index in [1.807, 2.05) is 35.9 Å². The summed E-state index contributed by atoms with van der Waals surface area (Å²) in [5.41, 5.74) is 7.82. The topological polar surface area (TPSA) is 87.2 Å². The third-order valence-electron chi connectivity index (χ3n) is 3.04. The van der Waals surface area contributed by atoms with Crippen molar-refractivity contribution in [1.29, 1.82) is 0 Å². The largest absolute Gasteiger partial charge is 0.452 e. The Morgan fingerprint density at radius 2 is 2.00 bits per heavy atom. The van der Waals surface area contributed by atoms with E-state index >= 15 is 0 Å². The van der Waals surface area contributed by atoms with Crippen molar-refractivity contribution in [2.24, 2.45) is 5.73 Å². The Hall–Kier alpha value is -2.15. The molecule has 2 aromatic heterocycles. The maximum absolute atomic E-state index is 11.7. The minimum atomic E-state index is -0.926. The van der Waals surface area contributed by atoms with Gasteiger partial charge in [-0.1, -0.05) is 0 Å². The first-order chi connectivity index (χ1) is 9.88. The first kappa shape index (κ1) is 15.2. The van der Waals surface area contributed by atoms with Gasteiger partial charge in [-0.15, -0.1) is 11.3 Å². The normalized spacial score (nSPS) is 12.1. The Morgan fingerprint density at radius 3 is 2.57 bits per heavy atom. The highest BCUT2D eigenvalue weighted by molar-refractivity contribution is 7.12. The number of ether oxygens (including phenoxy) is 1. The molecule has 0 aromatic carbocycles. The molecule has 2 heterocycles. The minimum absolute atomic E-state index is 0.0213. The van der Waals surface area contributed by atoms with Gasteiger partial charge in [0.05, 0.1) is 12.1 Å². The SMILES string of the molecule is Cc1ccc(C)n1-c1nc(CC(=O)OC(C)C(N)=O)cs1. The van der Waals surface area contributed by atoms with Crippen LogP contribution in [0.25, 0.3) is 5.13 Å². The molecular formula is C14H17N3O3S. The smallest absolute Gasteiger partial charge is 0.312 e. The van der Waals surface area contributed by atoms with Gasteiger partial charge in [0.2, 0.25) is 0 Å². The van der Waals surface area contributed by atoms with Crippen LogP contribution in [0, 0.1) is 13.8 Å². The number of hydrogen-bond donors (Lipinski definition) is 1. The van der Waals surface area contributed by atoms with E-state index in [9.17, 15) is 9.59 Å². The Morgan fingerprint density at radius 1 is 1.38 bits per heavy atom. The summed E-state index contributed by atoms with van der Waals surface area (Å²) in [4.78, 5) is 27.0. The van der Waals surface area contributed by atoms with E-state index in [1.54, 1.807) is 0 Å². The molecule has 112 valence electrons. The summed E-state index contributed by atoms with van der Waals surface area (Å²) in [6.45, 7) is 5.44. The lowest BCUT2D eigenvalue weighted by atomic mass is 10.3. The van der Waals surface area contributed by atoms with E-state index < -0.39 is 18.0 Å². The van der Waals surface area contributed by atoms with Crippen LogP contribution in [-0.2, 0) is 20.7 Å². The third kappa shape index (κ3) is 3.49. The van der Waals surface area contributed by atoms with Crippen molar-refractivity contribution in [3.63, 3.8) is 0 Å². The molecule has 0 radical (unpaired) electrons. The second kappa shape index (κ2) is 6.09. The number of hydrogen-bond acceptors (Lipinski definition) is 5. The van der Waals surface area contributed by atoms with Crippen molar-refractivity contribution in [3.05, 3.63) is 34.6 Å². The molecule has 7 heteroatoms. The van der Waals surface area contributed by atoms with Gasteiger partial charge in [0.25, 0.3) is 5.91 Å². The van der Waals surface area contributed by atoms with Crippen molar-refractivity contribution < 1.29 is 14.3 Å². The van der Waals surface area contributed by atoms with Gasteiger partial charge in [0, 0.05) is 16.8 Å². The highest BCUT2D eigenvalue weighted by atomic mass is 32.1. The van der Waals surface area contributed by atoms with Crippen LogP contribution in [0.3, 0.4) is 0 Å². The number of aromatic nitrogens is 2. The van der Waals surface area contributed by atoms with Crippen LogP contribution in [0.5, 0.6) is 0 Å². The zero-order valence-corrected chi connectivity index (χ0v) is 12.9. The number of nitrogens with zero attached hydrogens (tertiary/aromatic N) is 2. The molecule has 2 aromatic rings. The summed E-state index contributed by atoms with van der Waals surface area (Å²) >= 11 is 1.46.